The van der Waals surface area contributed by atoms with Crippen LogP contribution in [0.25, 0.3) is 0 Å². The molecule has 17 heavy (non-hydrogen) atoms. The molecule has 5 heteroatoms. The Hall–Kier alpha value is -1.49. The van der Waals surface area contributed by atoms with Gasteiger partial charge in [-0.25, -0.2) is 0 Å². The number of amides is 1. The first-order valence-corrected chi connectivity index (χ1v) is 5.85. The number of ether oxygens (including phenoxy) is 1. The van der Waals surface area contributed by atoms with Crippen molar-refractivity contribution in [3.05, 3.63) is 18.0 Å². The molecule has 1 saturated heterocycles. The van der Waals surface area contributed by atoms with Gasteiger partial charge in [-0.2, -0.15) is 0 Å². The van der Waals surface area contributed by atoms with E-state index >= 15 is 0 Å². The largest absolute Gasteiger partial charge is 0.397 e. The summed E-state index contributed by atoms with van der Waals surface area (Å²) in [5.41, 5.74) is 6.48. The van der Waals surface area contributed by atoms with Crippen LogP contribution in [0.1, 0.15) is 37.2 Å². The summed E-state index contributed by atoms with van der Waals surface area (Å²) < 4.78 is 5.61. The van der Waals surface area contributed by atoms with Crippen LogP contribution in [-0.4, -0.2) is 29.1 Å². The van der Waals surface area contributed by atoms with Crippen molar-refractivity contribution < 1.29 is 9.53 Å². The number of carbonyl (C=O) groups is 1. The van der Waals surface area contributed by atoms with Gasteiger partial charge in [0.2, 0.25) is 0 Å². The predicted molar refractivity (Wildman–Crippen MR) is 65.7 cm³/mol. The van der Waals surface area contributed by atoms with Crippen LogP contribution in [0, 0.1) is 0 Å². The van der Waals surface area contributed by atoms with E-state index in [4.69, 9.17) is 10.5 Å². The van der Waals surface area contributed by atoms with Crippen LogP contribution < -0.4 is 11.1 Å². The molecule has 0 aromatic carbocycles. The van der Waals surface area contributed by atoms with Crippen molar-refractivity contribution in [2.24, 2.45) is 0 Å². The molecule has 2 rings (SSSR count). The number of anilines is 1. The van der Waals surface area contributed by atoms with Gasteiger partial charge in [0.05, 0.1) is 5.60 Å². The fraction of sp³-hybridized carbons (Fsp3) is 0.583. The van der Waals surface area contributed by atoms with Gasteiger partial charge in [0, 0.05) is 24.5 Å². The second-order valence-electron chi connectivity index (χ2n) is 5.12. The molecule has 94 valence electrons. The lowest BCUT2D eigenvalue weighted by atomic mass is 9.94. The minimum atomic E-state index is -0.162. The summed E-state index contributed by atoms with van der Waals surface area (Å²) in [6.45, 7) is 4.76. The van der Waals surface area contributed by atoms with Crippen LogP contribution in [0.5, 0.6) is 0 Å². The van der Waals surface area contributed by atoms with Gasteiger partial charge in [-0.05, 0) is 32.8 Å². The second kappa shape index (κ2) is 4.41. The molecule has 1 amide bonds. The smallest absolute Gasteiger partial charge is 0.267 e. The molecule has 1 fully saturated rings. The van der Waals surface area contributed by atoms with Crippen molar-refractivity contribution in [1.29, 1.82) is 0 Å². The minimum Gasteiger partial charge on any atom is -0.397 e. The topological polar surface area (TPSA) is 80.1 Å². The Morgan fingerprint density at radius 3 is 3.00 bits per heavy atom. The minimum absolute atomic E-state index is 0.107. The first kappa shape index (κ1) is 12.0. The number of hydrogen-bond donors (Lipinski definition) is 3. The van der Waals surface area contributed by atoms with Crippen molar-refractivity contribution in [2.45, 2.75) is 38.3 Å². The quantitative estimate of drug-likeness (QED) is 0.725. The van der Waals surface area contributed by atoms with Gasteiger partial charge < -0.3 is 20.8 Å². The van der Waals surface area contributed by atoms with Crippen LogP contribution in [0.4, 0.5) is 5.69 Å². The molecule has 1 aromatic heterocycles. The molecule has 0 aliphatic carbocycles. The summed E-state index contributed by atoms with van der Waals surface area (Å²) >= 11 is 0. The Morgan fingerprint density at radius 1 is 1.65 bits per heavy atom. The summed E-state index contributed by atoms with van der Waals surface area (Å²) in [7, 11) is 0. The normalized spacial score (nSPS) is 23.3. The lowest BCUT2D eigenvalue weighted by molar-refractivity contribution is -0.0615. The van der Waals surface area contributed by atoms with Crippen molar-refractivity contribution >= 4 is 11.6 Å². The summed E-state index contributed by atoms with van der Waals surface area (Å²) in [4.78, 5) is 14.7. The molecule has 0 saturated carbocycles. The molecule has 1 aromatic rings. The zero-order valence-corrected chi connectivity index (χ0v) is 10.2. The average Bonchev–Trinajstić information content (AvgIpc) is 2.63. The molecule has 1 aliphatic heterocycles. The van der Waals surface area contributed by atoms with Crippen LogP contribution >= 0.6 is 0 Å². The highest BCUT2D eigenvalue weighted by Gasteiger charge is 2.29. The van der Waals surface area contributed by atoms with Gasteiger partial charge in [0.25, 0.3) is 5.91 Å². The highest BCUT2D eigenvalue weighted by molar-refractivity contribution is 5.93. The lowest BCUT2D eigenvalue weighted by Gasteiger charge is -2.35. The molecule has 2 heterocycles. The predicted octanol–water partition coefficient (Wildman–Crippen LogP) is 1.28. The Balaban J connectivity index is 1.95. The Morgan fingerprint density at radius 2 is 2.41 bits per heavy atom. The van der Waals surface area contributed by atoms with Crippen molar-refractivity contribution in [2.75, 3.05) is 12.3 Å². The zero-order chi connectivity index (χ0) is 12.5. The summed E-state index contributed by atoms with van der Waals surface area (Å²) in [5, 5.41) is 3.00. The van der Waals surface area contributed by atoms with Gasteiger partial charge in [-0.1, -0.05) is 0 Å². The molecule has 5 nitrogen and oxygen atoms in total. The average molecular weight is 237 g/mol. The van der Waals surface area contributed by atoms with Gasteiger partial charge >= 0.3 is 0 Å². The highest BCUT2D eigenvalue weighted by atomic mass is 16.5. The highest BCUT2D eigenvalue weighted by Crippen LogP contribution is 2.24. The van der Waals surface area contributed by atoms with E-state index in [1.165, 1.54) is 0 Å². The number of nitrogens with one attached hydrogen (secondary N) is 2. The molecule has 4 N–H and O–H groups in total. The summed E-state index contributed by atoms with van der Waals surface area (Å²) in [5.74, 6) is -0.107. The maximum absolute atomic E-state index is 11.9. The Bertz CT molecular complexity index is 412. The van der Waals surface area contributed by atoms with Crippen LogP contribution in [0.15, 0.2) is 12.3 Å². The molecular formula is C12H19N3O2. The van der Waals surface area contributed by atoms with Crippen molar-refractivity contribution in [1.82, 2.24) is 10.3 Å². The number of hydrogen-bond acceptors (Lipinski definition) is 3. The molecule has 1 aliphatic rings. The third-order valence-corrected chi connectivity index (χ3v) is 2.98. The molecule has 1 atom stereocenters. The molecular weight excluding hydrogens is 218 g/mol. The van der Waals surface area contributed by atoms with Gasteiger partial charge in [0.1, 0.15) is 5.69 Å². The third kappa shape index (κ3) is 3.00. The first-order valence-electron chi connectivity index (χ1n) is 5.85. The molecule has 1 unspecified atom stereocenters. The molecule has 0 spiro atoms. The molecule has 0 radical (unpaired) electrons. The van der Waals surface area contributed by atoms with Gasteiger partial charge in [-0.3, -0.25) is 4.79 Å². The van der Waals surface area contributed by atoms with Crippen molar-refractivity contribution in [3.8, 4) is 0 Å². The maximum atomic E-state index is 11.9. The van der Waals surface area contributed by atoms with Crippen LogP contribution in [0.2, 0.25) is 0 Å². The third-order valence-electron chi connectivity index (χ3n) is 2.98. The lowest BCUT2D eigenvalue weighted by Crippen LogP contribution is -2.45. The fourth-order valence-electron chi connectivity index (χ4n) is 2.16. The number of H-pyrrole nitrogens is 1. The fourth-order valence-corrected chi connectivity index (χ4v) is 2.16. The SMILES string of the molecule is CC1(C)CC(NC(=O)c2cc(N)c[nH]2)CCO1. The zero-order valence-electron chi connectivity index (χ0n) is 10.2. The number of nitrogen functional groups attached to an aromatic ring is 1. The first-order chi connectivity index (χ1) is 7.96. The van der Waals surface area contributed by atoms with E-state index in [0.29, 0.717) is 18.0 Å². The van der Waals surface area contributed by atoms with E-state index in [0.717, 1.165) is 12.8 Å². The van der Waals surface area contributed by atoms with Crippen LogP contribution in [-0.2, 0) is 4.74 Å². The second-order valence-corrected chi connectivity index (χ2v) is 5.12. The summed E-state index contributed by atoms with van der Waals surface area (Å²) in [6, 6.07) is 1.80. The van der Waals surface area contributed by atoms with E-state index in [1.54, 1.807) is 12.3 Å². The number of aromatic nitrogens is 1. The maximum Gasteiger partial charge on any atom is 0.267 e. The monoisotopic (exact) mass is 237 g/mol. The van der Waals surface area contributed by atoms with E-state index < -0.39 is 0 Å². The number of rotatable bonds is 2. The van der Waals surface area contributed by atoms with E-state index in [1.807, 2.05) is 13.8 Å². The standard InChI is InChI=1S/C12H19N3O2/c1-12(2)6-9(3-4-17-12)15-11(16)10-5-8(13)7-14-10/h5,7,9,14H,3-4,6,13H2,1-2H3,(H,15,16). The van der Waals surface area contributed by atoms with Crippen molar-refractivity contribution in [3.63, 3.8) is 0 Å². The number of aromatic amines is 1. The molecule has 0 bridgehead atoms. The van der Waals surface area contributed by atoms with Gasteiger partial charge in [-0.15, -0.1) is 0 Å². The Kier molecular flexibility index (Phi) is 3.11. The number of nitrogens with two attached hydrogens (primary N) is 1. The van der Waals surface area contributed by atoms with E-state index in [9.17, 15) is 4.79 Å². The Labute approximate surface area is 101 Å². The van der Waals surface area contributed by atoms with E-state index in [-0.39, 0.29) is 17.6 Å². The van der Waals surface area contributed by atoms with E-state index in [2.05, 4.69) is 10.3 Å². The van der Waals surface area contributed by atoms with Crippen LogP contribution in [0.3, 0.4) is 0 Å². The number of carbonyl (C=O) groups excluding carboxylic acids is 1. The van der Waals surface area contributed by atoms with Gasteiger partial charge in [0.15, 0.2) is 0 Å². The summed E-state index contributed by atoms with van der Waals surface area (Å²) in [6.07, 6.45) is 3.29.